The summed E-state index contributed by atoms with van der Waals surface area (Å²) in [7, 11) is 1.60. The highest BCUT2D eigenvalue weighted by molar-refractivity contribution is 5.94. The number of benzene rings is 2. The molecule has 0 unspecified atom stereocenters. The Balaban J connectivity index is 1.44. The van der Waals surface area contributed by atoms with Crippen molar-refractivity contribution in [2.24, 2.45) is 4.99 Å². The van der Waals surface area contributed by atoms with Crippen LogP contribution in [0.25, 0.3) is 10.9 Å². The van der Waals surface area contributed by atoms with Gasteiger partial charge >= 0.3 is 0 Å². The van der Waals surface area contributed by atoms with Crippen molar-refractivity contribution >= 4 is 22.8 Å². The number of rotatable bonds is 9. The number of aromatic nitrogens is 1. The van der Waals surface area contributed by atoms with Crippen LogP contribution in [0.2, 0.25) is 0 Å². The molecule has 30 heavy (non-hydrogen) atoms. The van der Waals surface area contributed by atoms with E-state index in [0.717, 1.165) is 30.2 Å². The predicted molar refractivity (Wildman–Crippen MR) is 121 cm³/mol. The number of methoxy groups -OCH3 is 1. The Bertz CT molecular complexity index is 979. The van der Waals surface area contributed by atoms with Crippen LogP contribution in [0, 0.1) is 0 Å². The third-order valence-corrected chi connectivity index (χ3v) is 4.73. The minimum atomic E-state index is -0.110. The van der Waals surface area contributed by atoms with Crippen molar-refractivity contribution in [3.63, 3.8) is 0 Å². The van der Waals surface area contributed by atoms with Gasteiger partial charge < -0.3 is 25.7 Å². The highest BCUT2D eigenvalue weighted by Crippen LogP contribution is 2.17. The molecule has 0 aliphatic heterocycles. The average molecular weight is 408 g/mol. The molecule has 158 valence electrons. The number of guanidine groups is 1. The summed E-state index contributed by atoms with van der Waals surface area (Å²) in [6.45, 7) is 4.56. The van der Waals surface area contributed by atoms with Gasteiger partial charge in [0, 0.05) is 48.8 Å². The summed E-state index contributed by atoms with van der Waals surface area (Å²) in [5.74, 6) is 1.36. The van der Waals surface area contributed by atoms with Gasteiger partial charge in [0.2, 0.25) is 0 Å². The first-order valence-corrected chi connectivity index (χ1v) is 10.2. The molecule has 0 atom stereocenters. The van der Waals surface area contributed by atoms with Gasteiger partial charge in [0.25, 0.3) is 5.91 Å². The molecule has 3 aromatic rings. The zero-order valence-electron chi connectivity index (χ0n) is 17.5. The molecule has 0 aliphatic carbocycles. The standard InChI is InChI=1S/C23H29N5O2/c1-3-24-23(26-13-12-18-16-28-21-7-5-4-6-20(18)21)27-15-14-25-22(29)17-8-10-19(30-2)11-9-17/h4-11,16,28H,3,12-15H2,1-2H3,(H,25,29)(H2,24,26,27). The van der Waals surface area contributed by atoms with Gasteiger partial charge in [-0.25, -0.2) is 0 Å². The van der Waals surface area contributed by atoms with Crippen molar-refractivity contribution in [2.75, 3.05) is 33.3 Å². The van der Waals surface area contributed by atoms with Gasteiger partial charge in [-0.1, -0.05) is 18.2 Å². The lowest BCUT2D eigenvalue weighted by molar-refractivity contribution is 0.0954. The third kappa shape index (κ3) is 5.76. The van der Waals surface area contributed by atoms with E-state index in [4.69, 9.17) is 4.74 Å². The summed E-state index contributed by atoms with van der Waals surface area (Å²) in [6, 6.07) is 15.3. The van der Waals surface area contributed by atoms with Gasteiger partial charge in [0.15, 0.2) is 5.96 Å². The van der Waals surface area contributed by atoms with Crippen LogP contribution in [0.5, 0.6) is 5.75 Å². The smallest absolute Gasteiger partial charge is 0.251 e. The minimum Gasteiger partial charge on any atom is -0.497 e. The van der Waals surface area contributed by atoms with Crippen LogP contribution in [0.3, 0.4) is 0 Å². The number of carbonyl (C=O) groups excluding carboxylic acids is 1. The maximum Gasteiger partial charge on any atom is 0.251 e. The molecule has 0 saturated heterocycles. The number of nitrogens with one attached hydrogen (secondary N) is 4. The minimum absolute atomic E-state index is 0.110. The monoisotopic (exact) mass is 407 g/mol. The van der Waals surface area contributed by atoms with Crippen LogP contribution >= 0.6 is 0 Å². The average Bonchev–Trinajstić information content (AvgIpc) is 3.19. The topological polar surface area (TPSA) is 90.5 Å². The summed E-state index contributed by atoms with van der Waals surface area (Å²) in [6.07, 6.45) is 2.91. The maximum absolute atomic E-state index is 12.2. The maximum atomic E-state index is 12.2. The van der Waals surface area contributed by atoms with E-state index in [-0.39, 0.29) is 5.91 Å². The largest absolute Gasteiger partial charge is 0.497 e. The molecule has 0 bridgehead atoms. The number of nitrogens with zero attached hydrogens (tertiary/aromatic N) is 1. The fourth-order valence-corrected chi connectivity index (χ4v) is 3.17. The molecule has 3 rings (SSSR count). The van der Waals surface area contributed by atoms with Crippen LogP contribution in [0.1, 0.15) is 22.8 Å². The van der Waals surface area contributed by atoms with Crippen LogP contribution in [-0.4, -0.2) is 50.1 Å². The molecule has 0 spiro atoms. The molecular formula is C23H29N5O2. The molecule has 0 fully saturated rings. The number of hydrogen-bond donors (Lipinski definition) is 4. The quantitative estimate of drug-likeness (QED) is 0.249. The fourth-order valence-electron chi connectivity index (χ4n) is 3.17. The number of hydrogen-bond acceptors (Lipinski definition) is 3. The predicted octanol–water partition coefficient (Wildman–Crippen LogP) is 2.70. The van der Waals surface area contributed by atoms with E-state index in [1.165, 1.54) is 10.9 Å². The van der Waals surface area contributed by atoms with Gasteiger partial charge in [-0.2, -0.15) is 0 Å². The molecule has 0 saturated carbocycles. The number of H-pyrrole nitrogens is 1. The van der Waals surface area contributed by atoms with Crippen molar-refractivity contribution in [2.45, 2.75) is 13.3 Å². The second-order valence-corrected chi connectivity index (χ2v) is 6.78. The number of ether oxygens (including phenoxy) is 1. The summed E-state index contributed by atoms with van der Waals surface area (Å²) in [4.78, 5) is 20.1. The number of para-hydroxylation sites is 1. The van der Waals surface area contributed by atoms with Crippen LogP contribution in [0.4, 0.5) is 0 Å². The highest BCUT2D eigenvalue weighted by atomic mass is 16.5. The zero-order chi connectivity index (χ0) is 21.2. The van der Waals surface area contributed by atoms with Crippen molar-refractivity contribution in [1.82, 2.24) is 20.9 Å². The second-order valence-electron chi connectivity index (χ2n) is 6.78. The molecule has 0 aliphatic rings. The van der Waals surface area contributed by atoms with Crippen molar-refractivity contribution in [1.29, 1.82) is 0 Å². The molecule has 1 amide bonds. The van der Waals surface area contributed by atoms with E-state index < -0.39 is 0 Å². The Morgan fingerprint density at radius 1 is 1.03 bits per heavy atom. The Labute approximate surface area is 176 Å². The lowest BCUT2D eigenvalue weighted by atomic mass is 10.1. The normalized spacial score (nSPS) is 11.3. The van der Waals surface area contributed by atoms with Gasteiger partial charge in [0.1, 0.15) is 5.75 Å². The van der Waals surface area contributed by atoms with E-state index in [1.807, 2.05) is 13.0 Å². The first-order chi connectivity index (χ1) is 14.7. The molecule has 0 radical (unpaired) electrons. The first kappa shape index (κ1) is 21.2. The molecule has 1 heterocycles. The number of carbonyl (C=O) groups is 1. The van der Waals surface area contributed by atoms with E-state index in [0.29, 0.717) is 25.2 Å². The van der Waals surface area contributed by atoms with Gasteiger partial charge in [-0.15, -0.1) is 0 Å². The highest BCUT2D eigenvalue weighted by Gasteiger charge is 2.06. The van der Waals surface area contributed by atoms with E-state index in [9.17, 15) is 4.79 Å². The number of fused-ring (bicyclic) bond motifs is 1. The first-order valence-electron chi connectivity index (χ1n) is 10.2. The van der Waals surface area contributed by atoms with Crippen LogP contribution in [0.15, 0.2) is 59.7 Å². The van der Waals surface area contributed by atoms with Crippen LogP contribution in [-0.2, 0) is 6.42 Å². The Morgan fingerprint density at radius 2 is 1.80 bits per heavy atom. The van der Waals surface area contributed by atoms with Gasteiger partial charge in [-0.3, -0.25) is 9.79 Å². The van der Waals surface area contributed by atoms with Gasteiger partial charge in [0.05, 0.1) is 7.11 Å². The number of aliphatic imine (C=N–C) groups is 1. The summed E-state index contributed by atoms with van der Waals surface area (Å²) >= 11 is 0. The molecule has 7 heteroatoms. The molecule has 4 N–H and O–H groups in total. The Kier molecular flexibility index (Phi) is 7.71. The van der Waals surface area contributed by atoms with Crippen molar-refractivity contribution in [3.05, 3.63) is 65.9 Å². The second kappa shape index (κ2) is 10.9. The molecular weight excluding hydrogens is 378 g/mol. The van der Waals surface area contributed by atoms with Crippen molar-refractivity contribution in [3.8, 4) is 5.75 Å². The van der Waals surface area contributed by atoms with E-state index in [2.05, 4.69) is 50.3 Å². The fraction of sp³-hybridized carbons (Fsp3) is 0.304. The summed E-state index contributed by atoms with van der Waals surface area (Å²) in [5, 5.41) is 10.6. The third-order valence-electron chi connectivity index (χ3n) is 4.73. The summed E-state index contributed by atoms with van der Waals surface area (Å²) < 4.78 is 5.11. The van der Waals surface area contributed by atoms with Crippen molar-refractivity contribution < 1.29 is 9.53 Å². The SMILES string of the molecule is CCNC(=NCCc1c[nH]c2ccccc12)NCCNC(=O)c1ccc(OC)cc1. The molecule has 2 aromatic carbocycles. The Hall–Kier alpha value is -3.48. The Morgan fingerprint density at radius 3 is 2.57 bits per heavy atom. The zero-order valence-corrected chi connectivity index (χ0v) is 17.5. The van der Waals surface area contributed by atoms with Crippen LogP contribution < -0.4 is 20.7 Å². The van der Waals surface area contributed by atoms with E-state index >= 15 is 0 Å². The van der Waals surface area contributed by atoms with E-state index in [1.54, 1.807) is 31.4 Å². The lowest BCUT2D eigenvalue weighted by Gasteiger charge is -2.12. The number of amides is 1. The molecule has 7 nitrogen and oxygen atoms in total. The number of aromatic amines is 1. The molecule has 1 aromatic heterocycles. The van der Waals surface area contributed by atoms with Gasteiger partial charge in [-0.05, 0) is 49.2 Å². The lowest BCUT2D eigenvalue weighted by Crippen LogP contribution is -2.41. The summed E-state index contributed by atoms with van der Waals surface area (Å²) in [5.41, 5.74) is 3.01.